The Hall–Kier alpha value is -0.290. The first kappa shape index (κ1) is 10.2. The molecule has 2 unspecified atom stereocenters. The van der Waals surface area contributed by atoms with Crippen LogP contribution in [-0.4, -0.2) is 14.6 Å². The van der Waals surface area contributed by atoms with Gasteiger partial charge in [-0.2, -0.15) is 9.36 Å². The molecule has 5 heteroatoms. The van der Waals surface area contributed by atoms with Gasteiger partial charge in [-0.1, -0.05) is 31.5 Å². The number of nitrogens with zero attached hydrogens (tertiary/aromatic N) is 2. The number of nitrogens with two attached hydrogens (primary N) is 1. The van der Waals surface area contributed by atoms with Crippen molar-refractivity contribution in [3.05, 3.63) is 0 Å². The number of aromatic nitrogens is 2. The van der Waals surface area contributed by atoms with Gasteiger partial charge in [0.05, 0.1) is 0 Å². The summed E-state index contributed by atoms with van der Waals surface area (Å²) in [6.07, 6.45) is 5.32. The molecule has 2 N–H and O–H groups in total. The van der Waals surface area contributed by atoms with Crippen molar-refractivity contribution in [2.24, 2.45) is 5.92 Å². The Morgan fingerprint density at radius 3 is 3.00 bits per heavy atom. The van der Waals surface area contributed by atoms with Gasteiger partial charge in [0.15, 0.2) is 0 Å². The third kappa shape index (κ3) is 2.60. The third-order valence-corrected chi connectivity index (χ3v) is 4.40. The van der Waals surface area contributed by atoms with Gasteiger partial charge in [-0.15, -0.1) is 0 Å². The van der Waals surface area contributed by atoms with E-state index in [1.807, 2.05) is 0 Å². The van der Waals surface area contributed by atoms with E-state index in [-0.39, 0.29) is 0 Å². The lowest BCUT2D eigenvalue weighted by molar-refractivity contribution is 0.394. The number of thioether (sulfide) groups is 1. The van der Waals surface area contributed by atoms with E-state index >= 15 is 0 Å². The molecule has 0 bridgehead atoms. The molecular formula is C9H15N3S2. The Labute approximate surface area is 92.7 Å². The third-order valence-electron chi connectivity index (χ3n) is 2.58. The minimum atomic E-state index is 0.580. The predicted octanol–water partition coefficient (Wildman–Crippen LogP) is 2.79. The molecule has 1 saturated carbocycles. The zero-order valence-electron chi connectivity index (χ0n) is 8.27. The van der Waals surface area contributed by atoms with E-state index in [0.29, 0.717) is 10.4 Å². The lowest BCUT2D eigenvalue weighted by atomic mass is 9.91. The maximum Gasteiger partial charge on any atom is 0.202 e. The second-order valence-corrected chi connectivity index (χ2v) is 5.98. The quantitative estimate of drug-likeness (QED) is 0.847. The van der Waals surface area contributed by atoms with E-state index in [1.165, 1.54) is 37.2 Å². The van der Waals surface area contributed by atoms with Gasteiger partial charge in [-0.25, -0.2) is 0 Å². The monoisotopic (exact) mass is 229 g/mol. The zero-order chi connectivity index (χ0) is 9.97. The molecule has 0 spiro atoms. The maximum absolute atomic E-state index is 5.54. The first-order valence-electron chi connectivity index (χ1n) is 5.00. The summed E-state index contributed by atoms with van der Waals surface area (Å²) in [5, 5.41) is 2.15. The summed E-state index contributed by atoms with van der Waals surface area (Å²) in [6.45, 7) is 2.33. The summed E-state index contributed by atoms with van der Waals surface area (Å²) >= 11 is 3.09. The SMILES string of the molecule is CC1CCCC(Sc2nsc(N)n2)C1. The smallest absolute Gasteiger partial charge is 0.202 e. The van der Waals surface area contributed by atoms with Crippen LogP contribution in [0.1, 0.15) is 32.6 Å². The molecule has 1 aromatic rings. The van der Waals surface area contributed by atoms with Crippen LogP contribution in [0.2, 0.25) is 0 Å². The standard InChI is InChI=1S/C9H15N3S2/c1-6-3-2-4-7(5-6)13-9-11-8(10)14-12-9/h6-7H,2-5H2,1H3,(H2,10,11,12). The topological polar surface area (TPSA) is 51.8 Å². The minimum absolute atomic E-state index is 0.580. The largest absolute Gasteiger partial charge is 0.374 e. The van der Waals surface area contributed by atoms with Crippen molar-refractivity contribution in [1.29, 1.82) is 0 Å². The molecule has 0 aliphatic heterocycles. The highest BCUT2D eigenvalue weighted by atomic mass is 32.2. The molecule has 0 saturated heterocycles. The highest BCUT2D eigenvalue weighted by Crippen LogP contribution is 2.35. The molecule has 0 amide bonds. The molecule has 2 rings (SSSR count). The summed E-state index contributed by atoms with van der Waals surface area (Å²) < 4.78 is 4.20. The molecule has 2 atom stereocenters. The number of nitrogen functional groups attached to an aromatic ring is 1. The van der Waals surface area contributed by atoms with Crippen molar-refractivity contribution in [2.75, 3.05) is 5.73 Å². The minimum Gasteiger partial charge on any atom is -0.374 e. The summed E-state index contributed by atoms with van der Waals surface area (Å²) in [5.74, 6) is 0.859. The molecule has 1 heterocycles. The summed E-state index contributed by atoms with van der Waals surface area (Å²) in [6, 6.07) is 0. The first-order chi connectivity index (χ1) is 6.74. The molecule has 1 fully saturated rings. The number of hydrogen-bond donors (Lipinski definition) is 1. The fourth-order valence-electron chi connectivity index (χ4n) is 1.90. The second-order valence-electron chi connectivity index (χ2n) is 3.93. The number of anilines is 1. The van der Waals surface area contributed by atoms with Gasteiger partial charge in [0, 0.05) is 16.8 Å². The highest BCUT2D eigenvalue weighted by molar-refractivity contribution is 7.99. The van der Waals surface area contributed by atoms with Crippen molar-refractivity contribution in [3.8, 4) is 0 Å². The molecule has 0 aromatic carbocycles. The van der Waals surface area contributed by atoms with Crippen molar-refractivity contribution in [3.63, 3.8) is 0 Å². The average Bonchev–Trinajstić information content (AvgIpc) is 2.51. The fourth-order valence-corrected chi connectivity index (χ4v) is 3.74. The Morgan fingerprint density at radius 1 is 1.50 bits per heavy atom. The van der Waals surface area contributed by atoms with Crippen molar-refractivity contribution < 1.29 is 0 Å². The predicted molar refractivity (Wildman–Crippen MR) is 61.6 cm³/mol. The normalized spacial score (nSPS) is 27.8. The molecule has 1 aromatic heterocycles. The van der Waals surface area contributed by atoms with Crippen LogP contribution in [0.25, 0.3) is 0 Å². The average molecular weight is 229 g/mol. The van der Waals surface area contributed by atoms with E-state index in [2.05, 4.69) is 16.3 Å². The lowest BCUT2D eigenvalue weighted by Crippen LogP contribution is -2.15. The van der Waals surface area contributed by atoms with Crippen LogP contribution in [0, 0.1) is 5.92 Å². The summed E-state index contributed by atoms with van der Waals surface area (Å²) in [5.41, 5.74) is 5.54. The van der Waals surface area contributed by atoms with Gasteiger partial charge in [-0.3, -0.25) is 0 Å². The summed E-state index contributed by atoms with van der Waals surface area (Å²) in [4.78, 5) is 4.18. The van der Waals surface area contributed by atoms with E-state index in [1.54, 1.807) is 11.8 Å². The number of hydrogen-bond acceptors (Lipinski definition) is 5. The Bertz CT molecular complexity index is 300. The number of rotatable bonds is 2. The molecule has 1 aliphatic rings. The van der Waals surface area contributed by atoms with Gasteiger partial charge in [0.25, 0.3) is 0 Å². The van der Waals surface area contributed by atoms with Crippen LogP contribution in [0.3, 0.4) is 0 Å². The fraction of sp³-hybridized carbons (Fsp3) is 0.778. The lowest BCUT2D eigenvalue weighted by Gasteiger charge is -2.24. The van der Waals surface area contributed by atoms with Crippen LogP contribution < -0.4 is 5.73 Å². The van der Waals surface area contributed by atoms with Crippen molar-refractivity contribution in [1.82, 2.24) is 9.36 Å². The Morgan fingerprint density at radius 2 is 2.36 bits per heavy atom. The van der Waals surface area contributed by atoms with Crippen LogP contribution in [-0.2, 0) is 0 Å². The van der Waals surface area contributed by atoms with Crippen molar-refractivity contribution in [2.45, 2.75) is 43.0 Å². The maximum atomic E-state index is 5.54. The van der Waals surface area contributed by atoms with E-state index in [9.17, 15) is 0 Å². The van der Waals surface area contributed by atoms with E-state index < -0.39 is 0 Å². The molecule has 78 valence electrons. The molecule has 0 radical (unpaired) electrons. The van der Waals surface area contributed by atoms with Gasteiger partial charge in [0.1, 0.15) is 0 Å². The molecular weight excluding hydrogens is 214 g/mol. The van der Waals surface area contributed by atoms with Gasteiger partial charge < -0.3 is 5.73 Å². The Kier molecular flexibility index (Phi) is 3.28. The van der Waals surface area contributed by atoms with Gasteiger partial charge in [0.2, 0.25) is 10.3 Å². The van der Waals surface area contributed by atoms with Crippen molar-refractivity contribution >= 4 is 28.4 Å². The first-order valence-corrected chi connectivity index (χ1v) is 6.65. The van der Waals surface area contributed by atoms with Crippen LogP contribution >= 0.6 is 23.3 Å². The Balaban J connectivity index is 1.90. The van der Waals surface area contributed by atoms with E-state index in [4.69, 9.17) is 5.73 Å². The summed E-state index contributed by atoms with van der Waals surface area (Å²) in [7, 11) is 0. The van der Waals surface area contributed by atoms with Crippen LogP contribution in [0.4, 0.5) is 5.13 Å². The van der Waals surface area contributed by atoms with Gasteiger partial charge >= 0.3 is 0 Å². The van der Waals surface area contributed by atoms with E-state index in [0.717, 1.165) is 11.1 Å². The zero-order valence-corrected chi connectivity index (χ0v) is 9.90. The highest BCUT2D eigenvalue weighted by Gasteiger charge is 2.21. The molecule has 3 nitrogen and oxygen atoms in total. The molecule has 14 heavy (non-hydrogen) atoms. The molecule has 1 aliphatic carbocycles. The van der Waals surface area contributed by atoms with Gasteiger partial charge in [-0.05, 0) is 18.8 Å². The van der Waals surface area contributed by atoms with Crippen LogP contribution in [0.15, 0.2) is 5.16 Å². The van der Waals surface area contributed by atoms with Crippen LogP contribution in [0.5, 0.6) is 0 Å². The second kappa shape index (κ2) is 4.49.